The molecule has 1 unspecified atom stereocenters. The van der Waals surface area contributed by atoms with Gasteiger partial charge in [-0.3, -0.25) is 0 Å². The Morgan fingerprint density at radius 3 is 3.06 bits per heavy atom. The lowest BCUT2D eigenvalue weighted by Crippen LogP contribution is -2.28. The van der Waals surface area contributed by atoms with Crippen LogP contribution in [0.25, 0.3) is 0 Å². The van der Waals surface area contributed by atoms with Crippen molar-refractivity contribution < 1.29 is 14.3 Å². The van der Waals surface area contributed by atoms with Gasteiger partial charge < -0.3 is 10.0 Å². The Morgan fingerprint density at radius 2 is 2.44 bits per heavy atom. The van der Waals surface area contributed by atoms with Crippen LogP contribution in [0, 0.1) is 0 Å². The predicted molar refractivity (Wildman–Crippen MR) is 58.4 cm³/mol. The molecule has 0 aromatic rings. The minimum absolute atomic E-state index is 0.215. The molecule has 86 valence electrons. The quantitative estimate of drug-likeness (QED) is 0.780. The van der Waals surface area contributed by atoms with Gasteiger partial charge >= 0.3 is 5.97 Å². The second-order valence-electron chi connectivity index (χ2n) is 3.94. The number of carboxylic acids is 1. The monoisotopic (exact) mass is 223 g/mol. The Labute approximate surface area is 93.6 Å². The van der Waals surface area contributed by atoms with E-state index in [9.17, 15) is 9.18 Å². The van der Waals surface area contributed by atoms with E-state index < -0.39 is 12.1 Å². The summed E-state index contributed by atoms with van der Waals surface area (Å²) in [5.74, 6) is -0.966. The number of halogens is 1. The summed E-state index contributed by atoms with van der Waals surface area (Å²) in [6, 6.07) is 0. The summed E-state index contributed by atoms with van der Waals surface area (Å²) >= 11 is 0. The van der Waals surface area contributed by atoms with Gasteiger partial charge in [0, 0.05) is 31.3 Å². The second kappa shape index (κ2) is 4.12. The highest BCUT2D eigenvalue weighted by molar-refractivity contribution is 5.87. The summed E-state index contributed by atoms with van der Waals surface area (Å²) in [6.07, 6.45) is 4.80. The zero-order valence-corrected chi connectivity index (χ0v) is 9.11. The van der Waals surface area contributed by atoms with Crippen molar-refractivity contribution in [2.75, 3.05) is 6.54 Å². The largest absolute Gasteiger partial charge is 0.478 e. The van der Waals surface area contributed by atoms with Crippen molar-refractivity contribution in [3.63, 3.8) is 0 Å². The van der Waals surface area contributed by atoms with E-state index in [4.69, 9.17) is 5.11 Å². The molecule has 16 heavy (non-hydrogen) atoms. The standard InChI is InChI=1S/C12H14FNO2/c1-2-14-7-8(12(15)16)6-9-10(13)4-3-5-11(9)14/h3,5,7,10H,2,4,6H2,1H3,(H,15,16). The highest BCUT2D eigenvalue weighted by Crippen LogP contribution is 2.33. The number of allylic oxidation sites excluding steroid dienone is 3. The third kappa shape index (κ3) is 1.75. The van der Waals surface area contributed by atoms with Crippen LogP contribution in [0.2, 0.25) is 0 Å². The van der Waals surface area contributed by atoms with E-state index in [0.717, 1.165) is 5.70 Å². The topological polar surface area (TPSA) is 40.5 Å². The molecule has 0 bridgehead atoms. The van der Waals surface area contributed by atoms with Crippen LogP contribution in [0.3, 0.4) is 0 Å². The van der Waals surface area contributed by atoms with Gasteiger partial charge in [0.15, 0.2) is 0 Å². The van der Waals surface area contributed by atoms with Crippen LogP contribution < -0.4 is 0 Å². The first kappa shape index (κ1) is 10.9. The molecule has 1 N–H and O–H groups in total. The van der Waals surface area contributed by atoms with Crippen molar-refractivity contribution in [2.24, 2.45) is 0 Å². The number of nitrogens with zero attached hydrogens (tertiary/aromatic N) is 1. The maximum absolute atomic E-state index is 13.7. The molecular formula is C12H14FNO2. The zero-order valence-electron chi connectivity index (χ0n) is 9.11. The Bertz CT molecular complexity index is 409. The highest BCUT2D eigenvalue weighted by atomic mass is 19.1. The van der Waals surface area contributed by atoms with Gasteiger partial charge in [-0.25, -0.2) is 9.18 Å². The Hall–Kier alpha value is -1.58. The molecule has 3 nitrogen and oxygen atoms in total. The molecule has 0 radical (unpaired) electrons. The van der Waals surface area contributed by atoms with E-state index in [1.165, 1.54) is 0 Å². The van der Waals surface area contributed by atoms with Crippen molar-refractivity contribution in [1.29, 1.82) is 0 Å². The SMILES string of the molecule is CCN1C=C(C(=O)O)CC2=C1C=CCC2F. The van der Waals surface area contributed by atoms with E-state index >= 15 is 0 Å². The molecule has 1 aliphatic heterocycles. The van der Waals surface area contributed by atoms with Crippen molar-refractivity contribution in [2.45, 2.75) is 25.9 Å². The average molecular weight is 223 g/mol. The lowest BCUT2D eigenvalue weighted by molar-refractivity contribution is -0.132. The molecule has 2 aliphatic rings. The van der Waals surface area contributed by atoms with Crippen LogP contribution in [0.4, 0.5) is 4.39 Å². The molecular weight excluding hydrogens is 209 g/mol. The first-order valence-electron chi connectivity index (χ1n) is 5.37. The van der Waals surface area contributed by atoms with Gasteiger partial charge in [0.25, 0.3) is 0 Å². The summed E-state index contributed by atoms with van der Waals surface area (Å²) in [6.45, 7) is 2.56. The molecule has 1 heterocycles. The molecule has 1 aliphatic carbocycles. The van der Waals surface area contributed by atoms with Gasteiger partial charge in [-0.1, -0.05) is 6.08 Å². The van der Waals surface area contributed by atoms with Gasteiger partial charge in [-0.05, 0) is 18.6 Å². The van der Waals surface area contributed by atoms with Crippen LogP contribution >= 0.6 is 0 Å². The maximum Gasteiger partial charge on any atom is 0.333 e. The lowest BCUT2D eigenvalue weighted by atomic mass is 9.91. The van der Waals surface area contributed by atoms with E-state index in [1.54, 1.807) is 17.2 Å². The van der Waals surface area contributed by atoms with Crippen molar-refractivity contribution in [3.8, 4) is 0 Å². The number of carboxylic acid groups (broad SMARTS) is 1. The fourth-order valence-electron chi connectivity index (χ4n) is 2.09. The summed E-state index contributed by atoms with van der Waals surface area (Å²) in [4.78, 5) is 12.7. The highest BCUT2D eigenvalue weighted by Gasteiger charge is 2.28. The summed E-state index contributed by atoms with van der Waals surface area (Å²) in [5.41, 5.74) is 1.69. The fourth-order valence-corrected chi connectivity index (χ4v) is 2.09. The second-order valence-corrected chi connectivity index (χ2v) is 3.94. The number of hydrogen-bond acceptors (Lipinski definition) is 2. The van der Waals surface area contributed by atoms with Crippen molar-refractivity contribution in [1.82, 2.24) is 4.90 Å². The van der Waals surface area contributed by atoms with E-state index in [1.807, 2.05) is 13.0 Å². The van der Waals surface area contributed by atoms with Crippen molar-refractivity contribution >= 4 is 5.97 Å². The number of rotatable bonds is 2. The Balaban J connectivity index is 2.37. The zero-order chi connectivity index (χ0) is 11.7. The van der Waals surface area contributed by atoms with E-state index in [-0.39, 0.29) is 12.0 Å². The summed E-state index contributed by atoms with van der Waals surface area (Å²) in [5, 5.41) is 8.97. The van der Waals surface area contributed by atoms with Crippen LogP contribution in [-0.4, -0.2) is 28.7 Å². The number of aliphatic carboxylic acids is 1. The van der Waals surface area contributed by atoms with Gasteiger partial charge in [-0.15, -0.1) is 0 Å². The third-order valence-electron chi connectivity index (χ3n) is 2.94. The van der Waals surface area contributed by atoms with E-state index in [2.05, 4.69) is 0 Å². The maximum atomic E-state index is 13.7. The molecule has 4 heteroatoms. The van der Waals surface area contributed by atoms with Crippen LogP contribution in [0.5, 0.6) is 0 Å². The van der Waals surface area contributed by atoms with Crippen LogP contribution in [0.1, 0.15) is 19.8 Å². The smallest absolute Gasteiger partial charge is 0.333 e. The van der Waals surface area contributed by atoms with Gasteiger partial charge in [-0.2, -0.15) is 0 Å². The normalized spacial score (nSPS) is 24.2. The van der Waals surface area contributed by atoms with E-state index in [0.29, 0.717) is 18.5 Å². The Morgan fingerprint density at radius 1 is 1.69 bits per heavy atom. The molecule has 0 fully saturated rings. The summed E-state index contributed by atoms with van der Waals surface area (Å²) < 4.78 is 13.7. The molecule has 0 saturated carbocycles. The molecule has 2 rings (SSSR count). The lowest BCUT2D eigenvalue weighted by Gasteiger charge is -2.31. The van der Waals surface area contributed by atoms with Gasteiger partial charge in [0.05, 0.1) is 5.57 Å². The first-order chi connectivity index (χ1) is 7.63. The molecule has 0 spiro atoms. The van der Waals surface area contributed by atoms with Crippen LogP contribution in [-0.2, 0) is 4.79 Å². The fraction of sp³-hybridized carbons (Fsp3) is 0.417. The molecule has 1 atom stereocenters. The van der Waals surface area contributed by atoms with Gasteiger partial charge in [0.2, 0.25) is 0 Å². The van der Waals surface area contributed by atoms with Gasteiger partial charge in [0.1, 0.15) is 6.17 Å². The number of hydrogen-bond donors (Lipinski definition) is 1. The van der Waals surface area contributed by atoms with Crippen molar-refractivity contribution in [3.05, 3.63) is 35.2 Å². The Kier molecular flexibility index (Phi) is 2.81. The minimum atomic E-state index is -1.04. The average Bonchev–Trinajstić information content (AvgIpc) is 2.28. The first-order valence-corrected chi connectivity index (χ1v) is 5.37. The molecule has 0 saturated heterocycles. The number of carbonyl (C=O) groups is 1. The third-order valence-corrected chi connectivity index (χ3v) is 2.94. The predicted octanol–water partition coefficient (Wildman–Crippen LogP) is 2.23. The minimum Gasteiger partial charge on any atom is -0.478 e. The number of alkyl halides is 1. The number of likely N-dealkylation sites (N-methyl/N-ethyl adjacent to an activating group) is 1. The molecule has 0 aromatic heterocycles. The molecule has 0 amide bonds. The molecule has 0 aromatic carbocycles. The summed E-state index contributed by atoms with van der Waals surface area (Å²) in [7, 11) is 0. The van der Waals surface area contributed by atoms with Crippen LogP contribution in [0.15, 0.2) is 35.2 Å².